The fraction of sp³-hybridized carbons (Fsp3) is 0.333. The minimum absolute atomic E-state index is 0.181. The lowest BCUT2D eigenvalue weighted by Crippen LogP contribution is -2.60. The molecule has 3 aromatic rings. The average molecular weight is 366 g/mol. The number of hydrogen-bond donors (Lipinski definition) is 2. The van der Waals surface area contributed by atoms with Crippen LogP contribution in [0.15, 0.2) is 36.4 Å². The number of H-pyrrole nitrogens is 1. The average Bonchev–Trinajstić information content (AvgIpc) is 3.07. The van der Waals surface area contributed by atoms with Gasteiger partial charge in [0.1, 0.15) is 0 Å². The summed E-state index contributed by atoms with van der Waals surface area (Å²) in [6.07, 6.45) is 0.698. The van der Waals surface area contributed by atoms with Gasteiger partial charge in [0, 0.05) is 17.4 Å². The SMILES string of the molecule is CCOC(=O)C1(C(=O)OCC)NCCc2c1[nH]c1ccc3ccccc3c21. The van der Waals surface area contributed by atoms with Crippen molar-refractivity contribution < 1.29 is 19.1 Å². The van der Waals surface area contributed by atoms with E-state index in [4.69, 9.17) is 9.47 Å². The molecule has 0 radical (unpaired) electrons. The number of benzene rings is 2. The van der Waals surface area contributed by atoms with Gasteiger partial charge in [-0.1, -0.05) is 30.3 Å². The van der Waals surface area contributed by atoms with Crippen molar-refractivity contribution >= 4 is 33.6 Å². The molecule has 1 aliphatic heterocycles. The summed E-state index contributed by atoms with van der Waals surface area (Å²) < 4.78 is 10.5. The van der Waals surface area contributed by atoms with E-state index in [9.17, 15) is 9.59 Å². The molecule has 0 spiro atoms. The molecule has 140 valence electrons. The van der Waals surface area contributed by atoms with Gasteiger partial charge in [0.05, 0.1) is 18.9 Å². The van der Waals surface area contributed by atoms with E-state index in [0.717, 1.165) is 27.2 Å². The second-order valence-electron chi connectivity index (χ2n) is 6.56. The number of nitrogens with one attached hydrogen (secondary N) is 2. The number of aromatic nitrogens is 1. The Morgan fingerprint density at radius 3 is 2.44 bits per heavy atom. The summed E-state index contributed by atoms with van der Waals surface area (Å²) in [7, 11) is 0. The Hall–Kier alpha value is -2.86. The normalized spacial score (nSPS) is 15.5. The third-order valence-electron chi connectivity index (χ3n) is 5.10. The maximum atomic E-state index is 12.9. The van der Waals surface area contributed by atoms with Crippen molar-refractivity contribution in [3.63, 3.8) is 0 Å². The van der Waals surface area contributed by atoms with Crippen molar-refractivity contribution in [1.82, 2.24) is 10.3 Å². The zero-order chi connectivity index (χ0) is 19.0. The number of carbonyl (C=O) groups is 2. The molecule has 0 atom stereocenters. The van der Waals surface area contributed by atoms with Crippen LogP contribution in [0.4, 0.5) is 0 Å². The Bertz CT molecular complexity index is 1020. The number of fused-ring (bicyclic) bond motifs is 5. The first-order valence-corrected chi connectivity index (χ1v) is 9.25. The third kappa shape index (κ3) is 2.51. The third-order valence-corrected chi connectivity index (χ3v) is 5.10. The second-order valence-corrected chi connectivity index (χ2v) is 6.56. The number of hydrogen-bond acceptors (Lipinski definition) is 5. The van der Waals surface area contributed by atoms with Gasteiger partial charge in [0.25, 0.3) is 5.54 Å². The van der Waals surface area contributed by atoms with E-state index >= 15 is 0 Å². The molecule has 0 fully saturated rings. The van der Waals surface area contributed by atoms with Gasteiger partial charge in [-0.3, -0.25) is 5.32 Å². The van der Waals surface area contributed by atoms with Crippen LogP contribution < -0.4 is 5.32 Å². The van der Waals surface area contributed by atoms with Crippen LogP contribution in [-0.4, -0.2) is 36.7 Å². The Balaban J connectivity index is 2.02. The summed E-state index contributed by atoms with van der Waals surface area (Å²) >= 11 is 0. The van der Waals surface area contributed by atoms with E-state index in [2.05, 4.69) is 22.4 Å². The van der Waals surface area contributed by atoms with Crippen LogP contribution in [0.2, 0.25) is 0 Å². The van der Waals surface area contributed by atoms with Crippen molar-refractivity contribution in [3.8, 4) is 0 Å². The lowest BCUT2D eigenvalue weighted by atomic mass is 9.86. The quantitative estimate of drug-likeness (QED) is 0.548. The predicted octanol–water partition coefficient (Wildman–Crippen LogP) is 2.79. The maximum absolute atomic E-state index is 12.9. The minimum atomic E-state index is -1.67. The molecule has 6 nitrogen and oxygen atoms in total. The standard InChI is InChI=1S/C21H22N2O4/c1-3-26-19(24)21(20(25)27-4-2)18-15(11-12-22-21)17-14-8-6-5-7-13(14)9-10-16(17)23-18/h5-10,22-23H,3-4,11-12H2,1-2H3. The van der Waals surface area contributed by atoms with Gasteiger partial charge >= 0.3 is 11.9 Å². The number of ether oxygens (including phenoxy) is 2. The molecule has 4 rings (SSSR count). The molecule has 1 aromatic heterocycles. The van der Waals surface area contributed by atoms with E-state index in [1.54, 1.807) is 13.8 Å². The Labute approximate surface area is 156 Å². The summed E-state index contributed by atoms with van der Waals surface area (Å²) in [6.45, 7) is 4.28. The number of aromatic amines is 1. The number of carbonyl (C=O) groups excluding carboxylic acids is 2. The van der Waals surface area contributed by atoms with Gasteiger partial charge in [0.2, 0.25) is 0 Å². The van der Waals surface area contributed by atoms with E-state index in [1.807, 2.05) is 24.3 Å². The molecule has 0 bridgehead atoms. The molecule has 0 saturated carbocycles. The van der Waals surface area contributed by atoms with Crippen LogP contribution in [-0.2, 0) is 31.0 Å². The zero-order valence-electron chi connectivity index (χ0n) is 15.4. The monoisotopic (exact) mass is 366 g/mol. The molecule has 27 heavy (non-hydrogen) atoms. The highest BCUT2D eigenvalue weighted by Crippen LogP contribution is 2.38. The first kappa shape index (κ1) is 17.5. The molecule has 2 aromatic carbocycles. The molecule has 0 unspecified atom stereocenters. The van der Waals surface area contributed by atoms with Crippen molar-refractivity contribution in [3.05, 3.63) is 47.7 Å². The van der Waals surface area contributed by atoms with Gasteiger partial charge in [-0.15, -0.1) is 0 Å². The Morgan fingerprint density at radius 2 is 1.74 bits per heavy atom. The predicted molar refractivity (Wildman–Crippen MR) is 102 cm³/mol. The molecular formula is C21H22N2O4. The first-order chi connectivity index (χ1) is 13.1. The molecular weight excluding hydrogens is 344 g/mol. The summed E-state index contributed by atoms with van der Waals surface area (Å²) in [5, 5.41) is 6.34. The molecule has 2 N–H and O–H groups in total. The van der Waals surface area contributed by atoms with Crippen LogP contribution in [0.5, 0.6) is 0 Å². The number of esters is 2. The van der Waals surface area contributed by atoms with E-state index in [-0.39, 0.29) is 13.2 Å². The lowest BCUT2D eigenvalue weighted by Gasteiger charge is -2.33. The molecule has 6 heteroatoms. The summed E-state index contributed by atoms with van der Waals surface area (Å²) in [5.74, 6) is -1.28. The Morgan fingerprint density at radius 1 is 1.04 bits per heavy atom. The highest BCUT2D eigenvalue weighted by Gasteiger charge is 2.54. The number of rotatable bonds is 4. The zero-order valence-corrected chi connectivity index (χ0v) is 15.4. The van der Waals surface area contributed by atoms with Crippen molar-refractivity contribution in [2.75, 3.05) is 19.8 Å². The molecule has 0 aliphatic carbocycles. The smallest absolute Gasteiger partial charge is 0.344 e. The lowest BCUT2D eigenvalue weighted by molar-refractivity contribution is -0.167. The maximum Gasteiger partial charge on any atom is 0.344 e. The Kier molecular flexibility index (Phi) is 4.36. The summed E-state index contributed by atoms with van der Waals surface area (Å²) in [6, 6.07) is 12.1. The van der Waals surface area contributed by atoms with Gasteiger partial charge in [-0.05, 0) is 42.7 Å². The van der Waals surface area contributed by atoms with Gasteiger partial charge in [-0.2, -0.15) is 0 Å². The minimum Gasteiger partial charge on any atom is -0.464 e. The van der Waals surface area contributed by atoms with Crippen molar-refractivity contribution in [2.45, 2.75) is 25.8 Å². The van der Waals surface area contributed by atoms with Crippen LogP contribution >= 0.6 is 0 Å². The van der Waals surface area contributed by atoms with Crippen LogP contribution in [0.25, 0.3) is 21.7 Å². The van der Waals surface area contributed by atoms with E-state index < -0.39 is 17.5 Å². The molecule has 0 saturated heterocycles. The first-order valence-electron chi connectivity index (χ1n) is 9.25. The van der Waals surface area contributed by atoms with E-state index in [0.29, 0.717) is 18.7 Å². The van der Waals surface area contributed by atoms with Crippen molar-refractivity contribution in [1.29, 1.82) is 0 Å². The second kappa shape index (κ2) is 6.70. The van der Waals surface area contributed by atoms with Crippen LogP contribution in [0.3, 0.4) is 0 Å². The fourth-order valence-corrected chi connectivity index (χ4v) is 3.98. The fourth-order valence-electron chi connectivity index (χ4n) is 3.98. The molecule has 2 heterocycles. The van der Waals surface area contributed by atoms with E-state index in [1.165, 1.54) is 0 Å². The summed E-state index contributed by atoms with van der Waals surface area (Å²) in [5.41, 5.74) is 0.707. The highest BCUT2D eigenvalue weighted by molar-refractivity contribution is 6.12. The largest absolute Gasteiger partial charge is 0.464 e. The molecule has 0 amide bonds. The summed E-state index contributed by atoms with van der Waals surface area (Å²) in [4.78, 5) is 29.2. The van der Waals surface area contributed by atoms with Crippen molar-refractivity contribution in [2.24, 2.45) is 0 Å². The van der Waals surface area contributed by atoms with Gasteiger partial charge in [-0.25, -0.2) is 9.59 Å². The van der Waals surface area contributed by atoms with Gasteiger partial charge in [0.15, 0.2) is 0 Å². The van der Waals surface area contributed by atoms with Gasteiger partial charge < -0.3 is 14.5 Å². The molecule has 1 aliphatic rings. The van der Waals surface area contributed by atoms with Crippen LogP contribution in [0, 0.1) is 0 Å². The highest BCUT2D eigenvalue weighted by atomic mass is 16.6. The van der Waals surface area contributed by atoms with Crippen LogP contribution in [0.1, 0.15) is 25.1 Å². The topological polar surface area (TPSA) is 80.4 Å².